The molecule has 126 valence electrons. The molecule has 0 aromatic heterocycles. The Morgan fingerprint density at radius 1 is 1.32 bits per heavy atom. The largest absolute Gasteiger partial charge is 0.491 e. The number of aliphatic hydroxyl groups excluding tert-OH is 1. The van der Waals surface area contributed by atoms with Gasteiger partial charge in [0.25, 0.3) is 0 Å². The second-order valence-electron chi connectivity index (χ2n) is 6.27. The van der Waals surface area contributed by atoms with Crippen LogP contribution < -0.4 is 4.74 Å². The van der Waals surface area contributed by atoms with Gasteiger partial charge in [-0.1, -0.05) is 19.1 Å². The molecule has 1 aliphatic rings. The van der Waals surface area contributed by atoms with Gasteiger partial charge in [-0.25, -0.2) is 0 Å². The number of aliphatic hydroxyl groups is 1. The molecule has 0 amide bonds. The highest BCUT2D eigenvalue weighted by Gasteiger charge is 2.31. The molecule has 22 heavy (non-hydrogen) atoms. The first-order chi connectivity index (χ1) is 10.0. The summed E-state index contributed by atoms with van der Waals surface area (Å²) in [5.74, 6) is 0.812. The molecule has 1 N–H and O–H groups in total. The van der Waals surface area contributed by atoms with Crippen molar-refractivity contribution in [2.24, 2.45) is 0 Å². The SMILES string of the molecule is CCc1ccc(OCC(O)CN2CCOCC2(C)C)cc1.Cl. The average molecular weight is 330 g/mol. The molecule has 0 aliphatic carbocycles. The van der Waals surface area contributed by atoms with Crippen molar-refractivity contribution in [2.75, 3.05) is 32.9 Å². The van der Waals surface area contributed by atoms with Crippen LogP contribution in [0.4, 0.5) is 0 Å². The van der Waals surface area contributed by atoms with Gasteiger partial charge in [0, 0.05) is 18.6 Å². The van der Waals surface area contributed by atoms with E-state index >= 15 is 0 Å². The Morgan fingerprint density at radius 3 is 2.59 bits per heavy atom. The highest BCUT2D eigenvalue weighted by molar-refractivity contribution is 5.85. The Kier molecular flexibility index (Phi) is 7.63. The molecule has 1 aromatic carbocycles. The number of ether oxygens (including phenoxy) is 2. The van der Waals surface area contributed by atoms with Crippen LogP contribution in [0.25, 0.3) is 0 Å². The lowest BCUT2D eigenvalue weighted by atomic mass is 10.0. The van der Waals surface area contributed by atoms with Crippen molar-refractivity contribution in [3.63, 3.8) is 0 Å². The van der Waals surface area contributed by atoms with E-state index in [9.17, 15) is 5.11 Å². The summed E-state index contributed by atoms with van der Waals surface area (Å²) in [4.78, 5) is 2.27. The molecule has 1 atom stereocenters. The van der Waals surface area contributed by atoms with Crippen molar-refractivity contribution < 1.29 is 14.6 Å². The zero-order valence-electron chi connectivity index (χ0n) is 13.7. The van der Waals surface area contributed by atoms with Gasteiger partial charge in [0.1, 0.15) is 18.5 Å². The van der Waals surface area contributed by atoms with E-state index in [1.165, 1.54) is 5.56 Å². The van der Waals surface area contributed by atoms with Crippen LogP contribution in [-0.4, -0.2) is 54.6 Å². The van der Waals surface area contributed by atoms with E-state index in [0.717, 1.165) is 25.3 Å². The van der Waals surface area contributed by atoms with Gasteiger partial charge in [-0.05, 0) is 38.0 Å². The van der Waals surface area contributed by atoms with Crippen LogP contribution in [0, 0.1) is 0 Å². The highest BCUT2D eigenvalue weighted by Crippen LogP contribution is 2.19. The summed E-state index contributed by atoms with van der Waals surface area (Å²) in [5, 5.41) is 10.2. The molecule has 1 heterocycles. The van der Waals surface area contributed by atoms with Crippen molar-refractivity contribution in [3.05, 3.63) is 29.8 Å². The van der Waals surface area contributed by atoms with Crippen molar-refractivity contribution >= 4 is 12.4 Å². The number of rotatable bonds is 6. The van der Waals surface area contributed by atoms with Crippen LogP contribution >= 0.6 is 12.4 Å². The molecule has 1 fully saturated rings. The normalized spacial score (nSPS) is 19.3. The molecule has 2 rings (SSSR count). The third-order valence-electron chi connectivity index (χ3n) is 4.02. The van der Waals surface area contributed by atoms with Gasteiger partial charge in [0.05, 0.1) is 13.2 Å². The minimum absolute atomic E-state index is 0. The molecular formula is C17H28ClNO3. The molecule has 1 unspecified atom stereocenters. The lowest BCUT2D eigenvalue weighted by Gasteiger charge is -2.42. The Balaban J connectivity index is 0.00000242. The topological polar surface area (TPSA) is 41.9 Å². The van der Waals surface area contributed by atoms with Crippen LogP contribution in [0.15, 0.2) is 24.3 Å². The van der Waals surface area contributed by atoms with E-state index in [-0.39, 0.29) is 17.9 Å². The van der Waals surface area contributed by atoms with Gasteiger partial charge < -0.3 is 14.6 Å². The minimum Gasteiger partial charge on any atom is -0.491 e. The third-order valence-corrected chi connectivity index (χ3v) is 4.02. The van der Waals surface area contributed by atoms with Crippen LogP contribution in [0.3, 0.4) is 0 Å². The minimum atomic E-state index is -0.492. The average Bonchev–Trinajstić information content (AvgIpc) is 2.48. The molecule has 0 radical (unpaired) electrons. The summed E-state index contributed by atoms with van der Waals surface area (Å²) >= 11 is 0. The number of halogens is 1. The van der Waals surface area contributed by atoms with E-state index in [2.05, 4.69) is 37.8 Å². The Bertz CT molecular complexity index is 436. The maximum atomic E-state index is 10.2. The standard InChI is InChI=1S/C17H27NO3.ClH/c1-4-14-5-7-16(8-6-14)21-12-15(19)11-18-9-10-20-13-17(18,2)3;/h5-8,15,19H,4,9-13H2,1-3H3;1H. The van der Waals surface area contributed by atoms with E-state index in [1.54, 1.807) is 0 Å². The zero-order chi connectivity index (χ0) is 15.3. The summed E-state index contributed by atoms with van der Waals surface area (Å²) in [7, 11) is 0. The first-order valence-corrected chi connectivity index (χ1v) is 7.74. The third kappa shape index (κ3) is 5.43. The number of hydrogen-bond acceptors (Lipinski definition) is 4. The number of morpholine rings is 1. The van der Waals surface area contributed by atoms with Crippen molar-refractivity contribution in [3.8, 4) is 5.75 Å². The Morgan fingerprint density at radius 2 is 2.00 bits per heavy atom. The van der Waals surface area contributed by atoms with E-state index in [1.807, 2.05) is 12.1 Å². The molecule has 1 aliphatic heterocycles. The van der Waals surface area contributed by atoms with Crippen LogP contribution in [0.5, 0.6) is 5.75 Å². The molecule has 4 nitrogen and oxygen atoms in total. The zero-order valence-corrected chi connectivity index (χ0v) is 14.6. The lowest BCUT2D eigenvalue weighted by Crippen LogP contribution is -2.55. The number of aryl methyl sites for hydroxylation is 1. The predicted octanol–water partition coefficient (Wildman–Crippen LogP) is 2.52. The molecule has 0 bridgehead atoms. The Hall–Kier alpha value is -0.810. The van der Waals surface area contributed by atoms with Gasteiger partial charge in [0.2, 0.25) is 0 Å². The van der Waals surface area contributed by atoms with Crippen molar-refractivity contribution in [1.82, 2.24) is 4.90 Å². The quantitative estimate of drug-likeness (QED) is 0.871. The summed E-state index contributed by atoms with van der Waals surface area (Å²) < 4.78 is 11.2. The van der Waals surface area contributed by atoms with Crippen LogP contribution in [-0.2, 0) is 11.2 Å². The van der Waals surface area contributed by atoms with Gasteiger partial charge in [-0.15, -0.1) is 12.4 Å². The molecule has 1 aromatic rings. The molecular weight excluding hydrogens is 302 g/mol. The van der Waals surface area contributed by atoms with E-state index < -0.39 is 6.10 Å². The van der Waals surface area contributed by atoms with Gasteiger partial charge in [-0.3, -0.25) is 4.90 Å². The predicted molar refractivity (Wildman–Crippen MR) is 91.0 cm³/mol. The first kappa shape index (κ1) is 19.2. The molecule has 1 saturated heterocycles. The monoisotopic (exact) mass is 329 g/mol. The number of hydrogen-bond donors (Lipinski definition) is 1. The number of nitrogens with zero attached hydrogens (tertiary/aromatic N) is 1. The van der Waals surface area contributed by atoms with Crippen LogP contribution in [0.2, 0.25) is 0 Å². The fourth-order valence-electron chi connectivity index (χ4n) is 2.55. The number of benzene rings is 1. The highest BCUT2D eigenvalue weighted by atomic mass is 35.5. The smallest absolute Gasteiger partial charge is 0.119 e. The number of β-amino-alcohol motifs (C(OH)–C–C–N with tert-alkyl or cyclic N) is 1. The van der Waals surface area contributed by atoms with Gasteiger partial charge in [-0.2, -0.15) is 0 Å². The fourth-order valence-corrected chi connectivity index (χ4v) is 2.55. The van der Waals surface area contributed by atoms with Gasteiger partial charge in [0.15, 0.2) is 0 Å². The summed E-state index contributed by atoms with van der Waals surface area (Å²) in [5.41, 5.74) is 1.26. The molecule has 0 spiro atoms. The van der Waals surface area contributed by atoms with Crippen molar-refractivity contribution in [1.29, 1.82) is 0 Å². The summed E-state index contributed by atoms with van der Waals surface area (Å²) in [6, 6.07) is 8.05. The van der Waals surface area contributed by atoms with Gasteiger partial charge >= 0.3 is 0 Å². The maximum absolute atomic E-state index is 10.2. The second kappa shape index (κ2) is 8.73. The second-order valence-corrected chi connectivity index (χ2v) is 6.27. The summed E-state index contributed by atoms with van der Waals surface area (Å²) in [6.45, 7) is 9.64. The van der Waals surface area contributed by atoms with E-state index in [4.69, 9.17) is 9.47 Å². The lowest BCUT2D eigenvalue weighted by molar-refractivity contribution is -0.0703. The van der Waals surface area contributed by atoms with E-state index in [0.29, 0.717) is 19.8 Å². The maximum Gasteiger partial charge on any atom is 0.119 e. The Labute approximate surface area is 139 Å². The summed E-state index contributed by atoms with van der Waals surface area (Å²) in [6.07, 6.45) is 0.530. The first-order valence-electron chi connectivity index (χ1n) is 7.74. The fraction of sp³-hybridized carbons (Fsp3) is 0.647. The molecule has 5 heteroatoms. The van der Waals surface area contributed by atoms with Crippen molar-refractivity contribution in [2.45, 2.75) is 38.8 Å². The van der Waals surface area contributed by atoms with Crippen LogP contribution in [0.1, 0.15) is 26.3 Å². The molecule has 0 saturated carbocycles.